The fraction of sp³-hybridized carbons (Fsp3) is 0.600. The molecule has 7 heteroatoms. The number of nitrogens with zero attached hydrogens (tertiary/aromatic N) is 2. The zero-order chi connectivity index (χ0) is 12.4. The normalized spacial score (nSPS) is 19.6. The van der Waals surface area contributed by atoms with Crippen molar-refractivity contribution in [3.05, 3.63) is 0 Å². The summed E-state index contributed by atoms with van der Waals surface area (Å²) in [5, 5.41) is 1.07. The van der Waals surface area contributed by atoms with Crippen LogP contribution in [0.2, 0.25) is 0 Å². The van der Waals surface area contributed by atoms with Crippen molar-refractivity contribution in [1.29, 1.82) is 0 Å². The minimum absolute atomic E-state index is 0.0296. The maximum Gasteiger partial charge on any atom is 0.310 e. The first kappa shape index (κ1) is 12.5. The van der Waals surface area contributed by atoms with Gasteiger partial charge in [-0.15, -0.1) is 11.8 Å². The highest BCUT2D eigenvalue weighted by atomic mass is 32.2. The van der Waals surface area contributed by atoms with E-state index in [9.17, 15) is 4.79 Å². The average molecular weight is 273 g/mol. The van der Waals surface area contributed by atoms with Crippen LogP contribution in [0.25, 0.3) is 0 Å². The van der Waals surface area contributed by atoms with Gasteiger partial charge in [-0.25, -0.2) is 0 Å². The first-order valence-corrected chi connectivity index (χ1v) is 7.29. The van der Waals surface area contributed by atoms with Gasteiger partial charge in [-0.05, 0) is 24.2 Å². The van der Waals surface area contributed by atoms with Crippen LogP contribution in [0, 0.1) is 5.92 Å². The van der Waals surface area contributed by atoms with Gasteiger partial charge in [-0.3, -0.25) is 4.79 Å². The SMILES string of the molecule is COC(=O)C1CCN(c2snc(N)c2SC)C1. The molecule has 1 fully saturated rings. The number of esters is 1. The molecule has 17 heavy (non-hydrogen) atoms. The van der Waals surface area contributed by atoms with Crippen molar-refractivity contribution in [3.8, 4) is 0 Å². The Hall–Kier alpha value is -0.950. The van der Waals surface area contributed by atoms with E-state index >= 15 is 0 Å². The molecule has 0 amide bonds. The maximum atomic E-state index is 11.5. The molecule has 1 aliphatic heterocycles. The molecule has 0 radical (unpaired) electrons. The second-order valence-electron chi connectivity index (χ2n) is 3.86. The summed E-state index contributed by atoms with van der Waals surface area (Å²) in [4.78, 5) is 14.6. The van der Waals surface area contributed by atoms with Crippen molar-refractivity contribution in [2.24, 2.45) is 5.92 Å². The molecule has 0 aromatic carbocycles. The summed E-state index contributed by atoms with van der Waals surface area (Å²) < 4.78 is 8.94. The van der Waals surface area contributed by atoms with Crippen molar-refractivity contribution in [2.45, 2.75) is 11.3 Å². The number of carbonyl (C=O) groups is 1. The molecule has 0 aliphatic carbocycles. The van der Waals surface area contributed by atoms with Crippen LogP contribution in [0.5, 0.6) is 0 Å². The summed E-state index contributed by atoms with van der Waals surface area (Å²) in [7, 11) is 1.43. The Kier molecular flexibility index (Phi) is 3.78. The van der Waals surface area contributed by atoms with E-state index < -0.39 is 0 Å². The van der Waals surface area contributed by atoms with E-state index in [1.807, 2.05) is 6.26 Å². The fourth-order valence-electron chi connectivity index (χ4n) is 1.98. The molecule has 2 heterocycles. The molecular formula is C10H15N3O2S2. The molecule has 1 aromatic rings. The zero-order valence-corrected chi connectivity index (χ0v) is 11.4. The number of thioether (sulfide) groups is 1. The second kappa shape index (κ2) is 5.14. The highest BCUT2D eigenvalue weighted by Crippen LogP contribution is 2.39. The number of nitrogen functional groups attached to an aromatic ring is 1. The van der Waals surface area contributed by atoms with Gasteiger partial charge in [0.1, 0.15) is 5.00 Å². The van der Waals surface area contributed by atoms with Gasteiger partial charge in [-0.2, -0.15) is 4.37 Å². The number of nitrogens with two attached hydrogens (primary N) is 1. The lowest BCUT2D eigenvalue weighted by Crippen LogP contribution is -2.23. The van der Waals surface area contributed by atoms with Crippen LogP contribution in [0.1, 0.15) is 6.42 Å². The molecule has 1 aromatic heterocycles. The van der Waals surface area contributed by atoms with E-state index in [-0.39, 0.29) is 11.9 Å². The van der Waals surface area contributed by atoms with E-state index in [4.69, 9.17) is 10.5 Å². The molecule has 2 N–H and O–H groups in total. The lowest BCUT2D eigenvalue weighted by atomic mass is 10.1. The third-order valence-corrected chi connectivity index (χ3v) is 4.73. The van der Waals surface area contributed by atoms with Crippen LogP contribution >= 0.6 is 23.3 Å². The molecule has 1 atom stereocenters. The predicted octanol–water partition coefficient (Wildman–Crippen LogP) is 1.45. The number of methoxy groups -OCH3 is 1. The number of carbonyl (C=O) groups excluding carboxylic acids is 1. The Morgan fingerprint density at radius 2 is 2.47 bits per heavy atom. The lowest BCUT2D eigenvalue weighted by Gasteiger charge is -2.16. The predicted molar refractivity (Wildman–Crippen MR) is 70.6 cm³/mol. The molecule has 0 bridgehead atoms. The van der Waals surface area contributed by atoms with Crippen LogP contribution in [0.4, 0.5) is 10.8 Å². The number of rotatable bonds is 3. The van der Waals surface area contributed by atoms with Gasteiger partial charge >= 0.3 is 5.97 Å². The first-order valence-electron chi connectivity index (χ1n) is 5.29. The van der Waals surface area contributed by atoms with Gasteiger partial charge in [0.2, 0.25) is 0 Å². The Labute approximate surface area is 108 Å². The Morgan fingerprint density at radius 3 is 3.12 bits per heavy atom. The van der Waals surface area contributed by atoms with Crippen LogP contribution in [-0.2, 0) is 9.53 Å². The molecule has 2 rings (SSSR count). The van der Waals surface area contributed by atoms with Crippen molar-refractivity contribution in [1.82, 2.24) is 4.37 Å². The summed E-state index contributed by atoms with van der Waals surface area (Å²) in [5.41, 5.74) is 5.80. The number of aromatic nitrogens is 1. The number of hydrogen-bond donors (Lipinski definition) is 1. The van der Waals surface area contributed by atoms with Crippen LogP contribution in [0.3, 0.4) is 0 Å². The second-order valence-corrected chi connectivity index (χ2v) is 5.43. The molecule has 94 valence electrons. The molecule has 0 saturated carbocycles. The van der Waals surface area contributed by atoms with E-state index in [1.54, 1.807) is 11.8 Å². The average Bonchev–Trinajstić information content (AvgIpc) is 2.94. The molecule has 1 aliphatic rings. The molecule has 5 nitrogen and oxygen atoms in total. The standard InChI is InChI=1S/C10H15N3O2S2/c1-15-10(14)6-3-4-13(5-6)9-7(16-2)8(11)12-17-9/h6H,3-5H2,1-2H3,(H2,11,12). The van der Waals surface area contributed by atoms with E-state index in [1.165, 1.54) is 18.6 Å². The molecule has 0 spiro atoms. The van der Waals surface area contributed by atoms with Gasteiger partial charge in [0, 0.05) is 13.1 Å². The van der Waals surface area contributed by atoms with E-state index in [0.29, 0.717) is 12.4 Å². The quantitative estimate of drug-likeness (QED) is 0.664. The molecule has 1 saturated heterocycles. The fourth-order valence-corrected chi connectivity index (χ4v) is 3.70. The highest BCUT2D eigenvalue weighted by Gasteiger charge is 2.31. The van der Waals surface area contributed by atoms with E-state index in [0.717, 1.165) is 22.9 Å². The Balaban J connectivity index is 2.12. The van der Waals surface area contributed by atoms with Crippen LogP contribution < -0.4 is 10.6 Å². The smallest absolute Gasteiger partial charge is 0.310 e. The monoisotopic (exact) mass is 273 g/mol. The largest absolute Gasteiger partial charge is 0.469 e. The minimum atomic E-state index is -0.129. The zero-order valence-electron chi connectivity index (χ0n) is 9.80. The van der Waals surface area contributed by atoms with Gasteiger partial charge in [0.15, 0.2) is 5.82 Å². The van der Waals surface area contributed by atoms with Crippen molar-refractivity contribution in [2.75, 3.05) is 37.1 Å². The Bertz CT molecular complexity index is 422. The van der Waals surface area contributed by atoms with E-state index in [2.05, 4.69) is 9.27 Å². The van der Waals surface area contributed by atoms with Crippen LogP contribution in [-0.4, -0.2) is 36.8 Å². The Morgan fingerprint density at radius 1 is 1.71 bits per heavy atom. The van der Waals surface area contributed by atoms with Crippen molar-refractivity contribution < 1.29 is 9.53 Å². The third-order valence-electron chi connectivity index (χ3n) is 2.87. The van der Waals surface area contributed by atoms with Gasteiger partial charge < -0.3 is 15.4 Å². The lowest BCUT2D eigenvalue weighted by molar-refractivity contribution is -0.144. The summed E-state index contributed by atoms with van der Waals surface area (Å²) in [6.07, 6.45) is 2.82. The number of hydrogen-bond acceptors (Lipinski definition) is 7. The summed E-state index contributed by atoms with van der Waals surface area (Å²) >= 11 is 2.99. The highest BCUT2D eigenvalue weighted by molar-refractivity contribution is 7.99. The van der Waals surface area contributed by atoms with Crippen molar-refractivity contribution in [3.63, 3.8) is 0 Å². The topological polar surface area (TPSA) is 68.5 Å². The summed E-state index contributed by atoms with van der Waals surface area (Å²) in [5.74, 6) is 0.424. The molecular weight excluding hydrogens is 258 g/mol. The summed E-state index contributed by atoms with van der Waals surface area (Å²) in [6.45, 7) is 1.55. The first-order chi connectivity index (χ1) is 8.17. The molecule has 1 unspecified atom stereocenters. The van der Waals surface area contributed by atoms with Gasteiger partial charge in [-0.1, -0.05) is 0 Å². The summed E-state index contributed by atoms with van der Waals surface area (Å²) in [6, 6.07) is 0. The number of anilines is 2. The van der Waals surface area contributed by atoms with Gasteiger partial charge in [0.25, 0.3) is 0 Å². The van der Waals surface area contributed by atoms with Gasteiger partial charge in [0.05, 0.1) is 17.9 Å². The number of ether oxygens (including phenoxy) is 1. The van der Waals surface area contributed by atoms with Crippen LogP contribution in [0.15, 0.2) is 4.90 Å². The minimum Gasteiger partial charge on any atom is -0.469 e. The third kappa shape index (κ3) is 2.35. The maximum absolute atomic E-state index is 11.5. The van der Waals surface area contributed by atoms with Crippen molar-refractivity contribution >= 4 is 40.1 Å².